The van der Waals surface area contributed by atoms with Crippen LogP contribution < -0.4 is 10.6 Å². The van der Waals surface area contributed by atoms with Crippen LogP contribution in [0.25, 0.3) is 0 Å². The number of rotatable bonds is 5. The number of nitrogens with zero attached hydrogens (tertiary/aromatic N) is 1. The van der Waals surface area contributed by atoms with E-state index in [0.29, 0.717) is 6.54 Å². The quantitative estimate of drug-likeness (QED) is 0.842. The summed E-state index contributed by atoms with van der Waals surface area (Å²) in [6, 6.07) is 7.85. The predicted octanol–water partition coefficient (Wildman–Crippen LogP) is 2.91. The lowest BCUT2D eigenvalue weighted by Gasteiger charge is -2.29. The minimum Gasteiger partial charge on any atom is -0.393 e. The van der Waals surface area contributed by atoms with Gasteiger partial charge in [0.1, 0.15) is 0 Å². The number of aryl methyl sites for hydroxylation is 1. The molecule has 19 heavy (non-hydrogen) atoms. The number of anilines is 1. The maximum absolute atomic E-state index is 12.7. The second-order valence-corrected chi connectivity index (χ2v) is 5.46. The number of benzene rings is 1. The Morgan fingerprint density at radius 2 is 1.95 bits per heavy atom. The van der Waals surface area contributed by atoms with E-state index >= 15 is 0 Å². The molecule has 104 valence electrons. The number of nitrogens with two attached hydrogens (primary N) is 1. The maximum Gasteiger partial charge on any atom is 0.237 e. The summed E-state index contributed by atoms with van der Waals surface area (Å²) in [6.07, 6.45) is 0. The van der Waals surface area contributed by atoms with Crippen LogP contribution in [0.1, 0.15) is 26.3 Å². The summed E-state index contributed by atoms with van der Waals surface area (Å²) in [5.74, 6) is -0.322. The first-order valence-electron chi connectivity index (χ1n) is 6.56. The number of amides is 1. The average Bonchev–Trinajstić information content (AvgIpc) is 2.31. The Morgan fingerprint density at radius 1 is 1.37 bits per heavy atom. The topological polar surface area (TPSA) is 46.3 Å². The molecule has 0 spiro atoms. The minimum absolute atomic E-state index is 0.0145. The third kappa shape index (κ3) is 3.53. The molecule has 1 unspecified atom stereocenters. The Kier molecular flexibility index (Phi) is 5.48. The highest BCUT2D eigenvalue weighted by molar-refractivity contribution is 7.80. The van der Waals surface area contributed by atoms with Gasteiger partial charge in [0, 0.05) is 12.2 Å². The summed E-state index contributed by atoms with van der Waals surface area (Å²) in [4.78, 5) is 14.7. The van der Waals surface area contributed by atoms with Gasteiger partial charge in [-0.05, 0) is 31.4 Å². The number of carbonyl (C=O) groups excluding carboxylic acids is 1. The highest BCUT2D eigenvalue weighted by Crippen LogP contribution is 2.23. The Bertz CT molecular complexity index is 471. The summed E-state index contributed by atoms with van der Waals surface area (Å²) in [5, 5.41) is 0. The molecule has 0 saturated carbocycles. The fourth-order valence-electron chi connectivity index (χ4n) is 2.21. The molecule has 0 radical (unpaired) electrons. The van der Waals surface area contributed by atoms with E-state index in [1.807, 2.05) is 52.0 Å². The fraction of sp³-hybridized carbons (Fsp3) is 0.467. The number of hydrogen-bond donors (Lipinski definition) is 1. The van der Waals surface area contributed by atoms with Crippen molar-refractivity contribution in [2.24, 2.45) is 17.6 Å². The third-order valence-corrected chi connectivity index (χ3v) is 3.48. The van der Waals surface area contributed by atoms with E-state index in [-0.39, 0.29) is 16.8 Å². The smallest absolute Gasteiger partial charge is 0.237 e. The van der Waals surface area contributed by atoms with Gasteiger partial charge in [0.2, 0.25) is 5.91 Å². The van der Waals surface area contributed by atoms with Crippen molar-refractivity contribution < 1.29 is 4.79 Å². The van der Waals surface area contributed by atoms with Crippen molar-refractivity contribution in [1.82, 2.24) is 0 Å². The Morgan fingerprint density at radius 3 is 2.37 bits per heavy atom. The van der Waals surface area contributed by atoms with Crippen molar-refractivity contribution in [3.05, 3.63) is 29.8 Å². The first-order chi connectivity index (χ1) is 8.90. The van der Waals surface area contributed by atoms with Crippen LogP contribution in [0, 0.1) is 18.8 Å². The zero-order valence-electron chi connectivity index (χ0n) is 12.0. The monoisotopic (exact) mass is 278 g/mol. The molecule has 0 aromatic heterocycles. The maximum atomic E-state index is 12.7. The zero-order chi connectivity index (χ0) is 14.6. The lowest BCUT2D eigenvalue weighted by molar-refractivity contribution is -0.121. The molecule has 0 aliphatic heterocycles. The molecule has 3 nitrogen and oxygen atoms in total. The molecule has 1 atom stereocenters. The zero-order valence-corrected chi connectivity index (χ0v) is 12.8. The van der Waals surface area contributed by atoms with Gasteiger partial charge in [-0.3, -0.25) is 4.79 Å². The standard InChI is InChI=1S/C15H22N2OS/c1-5-17(12-9-7-6-8-11(12)4)15(18)13(10(2)3)14(16)19/h6-10,13H,5H2,1-4H3,(H2,16,19). The summed E-state index contributed by atoms with van der Waals surface area (Å²) in [5.41, 5.74) is 7.73. The summed E-state index contributed by atoms with van der Waals surface area (Å²) in [7, 11) is 0. The molecule has 1 amide bonds. The number of carbonyl (C=O) groups is 1. The number of para-hydroxylation sites is 1. The Balaban J connectivity index is 3.13. The predicted molar refractivity (Wildman–Crippen MR) is 84.3 cm³/mol. The fourth-order valence-corrected chi connectivity index (χ4v) is 2.59. The molecule has 1 aromatic carbocycles. The van der Waals surface area contributed by atoms with Crippen LogP contribution in [0.15, 0.2) is 24.3 Å². The molecule has 0 fully saturated rings. The molecular weight excluding hydrogens is 256 g/mol. The molecule has 0 saturated heterocycles. The van der Waals surface area contributed by atoms with Crippen molar-refractivity contribution in [3.8, 4) is 0 Å². The van der Waals surface area contributed by atoms with E-state index in [1.54, 1.807) is 4.90 Å². The van der Waals surface area contributed by atoms with Gasteiger partial charge >= 0.3 is 0 Å². The van der Waals surface area contributed by atoms with E-state index in [2.05, 4.69) is 0 Å². The SMILES string of the molecule is CCN(C(=O)C(C(N)=S)C(C)C)c1ccccc1C. The van der Waals surface area contributed by atoms with E-state index in [0.717, 1.165) is 11.3 Å². The molecule has 4 heteroatoms. The van der Waals surface area contributed by atoms with Crippen molar-refractivity contribution in [3.63, 3.8) is 0 Å². The molecule has 1 rings (SSSR count). The van der Waals surface area contributed by atoms with Crippen LogP contribution >= 0.6 is 12.2 Å². The number of thiocarbonyl (C=S) groups is 1. The van der Waals surface area contributed by atoms with Gasteiger partial charge in [0.25, 0.3) is 0 Å². The van der Waals surface area contributed by atoms with E-state index in [1.165, 1.54) is 0 Å². The molecule has 0 aliphatic carbocycles. The van der Waals surface area contributed by atoms with Crippen LogP contribution in [0.5, 0.6) is 0 Å². The van der Waals surface area contributed by atoms with Gasteiger partial charge in [-0.25, -0.2) is 0 Å². The van der Waals surface area contributed by atoms with Crippen LogP contribution in [0.4, 0.5) is 5.69 Å². The summed E-state index contributed by atoms with van der Waals surface area (Å²) in [6.45, 7) is 8.49. The van der Waals surface area contributed by atoms with Gasteiger partial charge in [-0.2, -0.15) is 0 Å². The van der Waals surface area contributed by atoms with Crippen molar-refractivity contribution in [2.75, 3.05) is 11.4 Å². The van der Waals surface area contributed by atoms with Crippen LogP contribution in [0.2, 0.25) is 0 Å². The van der Waals surface area contributed by atoms with Gasteiger partial charge in [-0.15, -0.1) is 0 Å². The van der Waals surface area contributed by atoms with Crippen LogP contribution in [-0.2, 0) is 4.79 Å². The normalized spacial score (nSPS) is 12.3. The lowest BCUT2D eigenvalue weighted by atomic mass is 9.94. The molecule has 2 N–H and O–H groups in total. The minimum atomic E-state index is -0.408. The van der Waals surface area contributed by atoms with Gasteiger partial charge in [0.15, 0.2) is 0 Å². The third-order valence-electron chi connectivity index (χ3n) is 3.23. The van der Waals surface area contributed by atoms with Gasteiger partial charge in [0.05, 0.1) is 10.9 Å². The number of hydrogen-bond acceptors (Lipinski definition) is 2. The Labute approximate surface area is 120 Å². The second kappa shape index (κ2) is 6.66. The molecule has 0 heterocycles. The van der Waals surface area contributed by atoms with Gasteiger partial charge in [-0.1, -0.05) is 44.3 Å². The molecule has 0 bridgehead atoms. The lowest BCUT2D eigenvalue weighted by Crippen LogP contribution is -2.44. The molecule has 0 aliphatic rings. The summed E-state index contributed by atoms with van der Waals surface area (Å²) >= 11 is 5.05. The largest absolute Gasteiger partial charge is 0.393 e. The van der Waals surface area contributed by atoms with Gasteiger partial charge < -0.3 is 10.6 Å². The first kappa shape index (κ1) is 15.6. The van der Waals surface area contributed by atoms with Crippen LogP contribution in [-0.4, -0.2) is 17.4 Å². The molecular formula is C15H22N2OS. The van der Waals surface area contributed by atoms with Crippen molar-refractivity contribution in [1.29, 1.82) is 0 Å². The van der Waals surface area contributed by atoms with Crippen LogP contribution in [0.3, 0.4) is 0 Å². The average molecular weight is 278 g/mol. The van der Waals surface area contributed by atoms with E-state index in [9.17, 15) is 4.79 Å². The second-order valence-electron chi connectivity index (χ2n) is 4.99. The Hall–Kier alpha value is -1.42. The first-order valence-corrected chi connectivity index (χ1v) is 6.97. The highest BCUT2D eigenvalue weighted by atomic mass is 32.1. The van der Waals surface area contributed by atoms with E-state index < -0.39 is 5.92 Å². The van der Waals surface area contributed by atoms with Crippen molar-refractivity contribution in [2.45, 2.75) is 27.7 Å². The highest BCUT2D eigenvalue weighted by Gasteiger charge is 2.29. The summed E-state index contributed by atoms with van der Waals surface area (Å²) < 4.78 is 0. The molecule has 1 aromatic rings. The van der Waals surface area contributed by atoms with Crippen molar-refractivity contribution >= 4 is 28.8 Å². The van der Waals surface area contributed by atoms with E-state index in [4.69, 9.17) is 18.0 Å².